The van der Waals surface area contributed by atoms with Crippen molar-refractivity contribution in [3.63, 3.8) is 0 Å². The molecule has 0 aliphatic heterocycles. The quantitative estimate of drug-likeness (QED) is 0.658. The number of rotatable bonds is 2. The largest absolute Gasteiger partial charge is 0.357 e. The van der Waals surface area contributed by atoms with Crippen molar-refractivity contribution in [1.29, 1.82) is 0 Å². The number of aromatic amines is 2. The second-order valence-electron chi connectivity index (χ2n) is 4.61. The van der Waals surface area contributed by atoms with E-state index in [1.807, 2.05) is 38.1 Å². The summed E-state index contributed by atoms with van der Waals surface area (Å²) < 4.78 is 0. The van der Waals surface area contributed by atoms with Gasteiger partial charge in [0.15, 0.2) is 5.69 Å². The lowest BCUT2D eigenvalue weighted by atomic mass is 10.2. The number of benzene rings is 1. The Balaban J connectivity index is 1.95. The van der Waals surface area contributed by atoms with E-state index in [0.29, 0.717) is 5.69 Å². The molecule has 19 heavy (non-hydrogen) atoms. The summed E-state index contributed by atoms with van der Waals surface area (Å²) in [5, 5.41) is 10.7. The average Bonchev–Trinajstić information content (AvgIpc) is 2.95. The first-order chi connectivity index (χ1) is 9.13. The minimum Gasteiger partial charge on any atom is -0.357 e. The van der Waals surface area contributed by atoms with Gasteiger partial charge in [-0.2, -0.15) is 5.10 Å². The highest BCUT2D eigenvalue weighted by Crippen LogP contribution is 2.23. The lowest BCUT2D eigenvalue weighted by Crippen LogP contribution is -2.12. The molecule has 2 heterocycles. The highest BCUT2D eigenvalue weighted by atomic mass is 16.1. The van der Waals surface area contributed by atoms with Gasteiger partial charge in [-0.3, -0.25) is 9.89 Å². The van der Waals surface area contributed by atoms with Crippen molar-refractivity contribution >= 4 is 22.5 Å². The van der Waals surface area contributed by atoms with E-state index in [2.05, 4.69) is 20.5 Å². The number of para-hydroxylation sites is 1. The average molecular weight is 254 g/mol. The number of fused-ring (bicyclic) bond motifs is 1. The Bertz CT molecular complexity index is 754. The first-order valence-electron chi connectivity index (χ1n) is 6.05. The summed E-state index contributed by atoms with van der Waals surface area (Å²) in [7, 11) is 0. The van der Waals surface area contributed by atoms with Gasteiger partial charge in [-0.15, -0.1) is 0 Å². The summed E-state index contributed by atoms with van der Waals surface area (Å²) in [4.78, 5) is 15.3. The number of H-pyrrole nitrogens is 2. The van der Waals surface area contributed by atoms with E-state index in [1.54, 1.807) is 6.07 Å². The normalized spacial score (nSPS) is 10.8. The number of nitrogens with zero attached hydrogens (tertiary/aromatic N) is 1. The summed E-state index contributed by atoms with van der Waals surface area (Å²) >= 11 is 0. The van der Waals surface area contributed by atoms with Gasteiger partial charge < -0.3 is 10.3 Å². The molecule has 5 heteroatoms. The third-order valence-corrected chi connectivity index (χ3v) is 2.98. The van der Waals surface area contributed by atoms with Crippen molar-refractivity contribution in [3.8, 4) is 0 Å². The number of anilines is 1. The maximum atomic E-state index is 12.1. The predicted octanol–water partition coefficient (Wildman–Crippen LogP) is 2.76. The van der Waals surface area contributed by atoms with Crippen LogP contribution in [0.25, 0.3) is 10.9 Å². The van der Waals surface area contributed by atoms with Gasteiger partial charge in [-0.1, -0.05) is 12.1 Å². The van der Waals surface area contributed by atoms with Gasteiger partial charge >= 0.3 is 0 Å². The van der Waals surface area contributed by atoms with Gasteiger partial charge in [0, 0.05) is 16.8 Å². The molecule has 0 saturated carbocycles. The SMILES string of the molecule is Cc1cc(C(=O)Nc2cccc3cc(C)[nH]c23)n[nH]1. The lowest BCUT2D eigenvalue weighted by molar-refractivity contribution is 0.102. The molecule has 0 saturated heterocycles. The van der Waals surface area contributed by atoms with E-state index < -0.39 is 0 Å². The molecule has 2 aromatic heterocycles. The van der Waals surface area contributed by atoms with Crippen molar-refractivity contribution in [2.24, 2.45) is 0 Å². The van der Waals surface area contributed by atoms with Gasteiger partial charge in [-0.25, -0.2) is 0 Å². The molecule has 5 nitrogen and oxygen atoms in total. The van der Waals surface area contributed by atoms with Crippen molar-refractivity contribution in [1.82, 2.24) is 15.2 Å². The van der Waals surface area contributed by atoms with Crippen LogP contribution in [0.4, 0.5) is 5.69 Å². The Morgan fingerprint density at radius 3 is 2.79 bits per heavy atom. The van der Waals surface area contributed by atoms with Crippen LogP contribution in [0.15, 0.2) is 30.3 Å². The van der Waals surface area contributed by atoms with Crippen LogP contribution in [0.5, 0.6) is 0 Å². The molecular formula is C14H14N4O. The molecule has 3 rings (SSSR count). The molecule has 0 aliphatic rings. The fourth-order valence-electron chi connectivity index (χ4n) is 2.12. The van der Waals surface area contributed by atoms with Crippen molar-refractivity contribution in [3.05, 3.63) is 47.4 Å². The first-order valence-corrected chi connectivity index (χ1v) is 6.05. The minimum atomic E-state index is -0.218. The zero-order valence-electron chi connectivity index (χ0n) is 10.7. The van der Waals surface area contributed by atoms with Gasteiger partial charge in [0.2, 0.25) is 0 Å². The molecule has 0 bridgehead atoms. The number of amides is 1. The topological polar surface area (TPSA) is 73.6 Å². The summed E-state index contributed by atoms with van der Waals surface area (Å²) in [6, 6.07) is 9.56. The van der Waals surface area contributed by atoms with Crippen LogP contribution in [-0.4, -0.2) is 21.1 Å². The Kier molecular flexibility index (Phi) is 2.59. The van der Waals surface area contributed by atoms with E-state index in [1.165, 1.54) is 0 Å². The second kappa shape index (κ2) is 4.28. The number of nitrogens with one attached hydrogen (secondary N) is 3. The van der Waals surface area contributed by atoms with Crippen LogP contribution in [0.1, 0.15) is 21.9 Å². The van der Waals surface area contributed by atoms with Crippen LogP contribution < -0.4 is 5.32 Å². The van der Waals surface area contributed by atoms with E-state index in [0.717, 1.165) is 28.0 Å². The Labute approximate surface area is 110 Å². The third-order valence-electron chi connectivity index (χ3n) is 2.98. The zero-order valence-corrected chi connectivity index (χ0v) is 10.7. The van der Waals surface area contributed by atoms with Crippen molar-refractivity contribution in [2.45, 2.75) is 13.8 Å². The molecule has 0 fully saturated rings. The van der Waals surface area contributed by atoms with E-state index >= 15 is 0 Å². The Morgan fingerprint density at radius 2 is 2.05 bits per heavy atom. The lowest BCUT2D eigenvalue weighted by Gasteiger charge is -2.04. The number of carbonyl (C=O) groups is 1. The summed E-state index contributed by atoms with van der Waals surface area (Å²) in [6.07, 6.45) is 0. The molecule has 3 aromatic rings. The maximum Gasteiger partial charge on any atom is 0.276 e. The van der Waals surface area contributed by atoms with Crippen molar-refractivity contribution in [2.75, 3.05) is 5.32 Å². The standard InChI is InChI=1S/C14H14N4O/c1-8-6-10-4-3-5-11(13(10)15-8)16-14(19)12-7-9(2)17-18-12/h3-7,15H,1-2H3,(H,16,19)(H,17,18). The van der Waals surface area contributed by atoms with E-state index in [4.69, 9.17) is 0 Å². The number of aromatic nitrogens is 3. The highest BCUT2D eigenvalue weighted by molar-refractivity contribution is 6.07. The van der Waals surface area contributed by atoms with Gasteiger partial charge in [0.05, 0.1) is 11.2 Å². The molecule has 3 N–H and O–H groups in total. The molecule has 0 spiro atoms. The molecule has 0 radical (unpaired) electrons. The number of aryl methyl sites for hydroxylation is 2. The number of hydrogen-bond acceptors (Lipinski definition) is 2. The second-order valence-corrected chi connectivity index (χ2v) is 4.61. The van der Waals surface area contributed by atoms with Crippen LogP contribution in [-0.2, 0) is 0 Å². The van der Waals surface area contributed by atoms with Crippen LogP contribution in [0.2, 0.25) is 0 Å². The van der Waals surface area contributed by atoms with E-state index in [-0.39, 0.29) is 5.91 Å². The molecule has 96 valence electrons. The van der Waals surface area contributed by atoms with Crippen LogP contribution in [0.3, 0.4) is 0 Å². The summed E-state index contributed by atoms with van der Waals surface area (Å²) in [6.45, 7) is 3.85. The molecule has 1 amide bonds. The number of carbonyl (C=O) groups excluding carboxylic acids is 1. The predicted molar refractivity (Wildman–Crippen MR) is 74.3 cm³/mol. The minimum absolute atomic E-state index is 0.218. The zero-order chi connectivity index (χ0) is 13.4. The molecule has 1 aromatic carbocycles. The van der Waals surface area contributed by atoms with E-state index in [9.17, 15) is 4.79 Å². The highest BCUT2D eigenvalue weighted by Gasteiger charge is 2.11. The van der Waals surface area contributed by atoms with Crippen LogP contribution >= 0.6 is 0 Å². The monoisotopic (exact) mass is 254 g/mol. The fourth-order valence-corrected chi connectivity index (χ4v) is 2.12. The summed E-state index contributed by atoms with van der Waals surface area (Å²) in [5.41, 5.74) is 4.00. The number of hydrogen-bond donors (Lipinski definition) is 3. The fraction of sp³-hybridized carbons (Fsp3) is 0.143. The molecule has 0 unspecified atom stereocenters. The Hall–Kier alpha value is -2.56. The smallest absolute Gasteiger partial charge is 0.276 e. The molecule has 0 atom stereocenters. The maximum absolute atomic E-state index is 12.1. The summed E-state index contributed by atoms with van der Waals surface area (Å²) in [5.74, 6) is -0.218. The van der Waals surface area contributed by atoms with Crippen molar-refractivity contribution < 1.29 is 4.79 Å². The van der Waals surface area contributed by atoms with Gasteiger partial charge in [0.1, 0.15) is 0 Å². The molecule has 0 aliphatic carbocycles. The first kappa shape index (κ1) is 11.5. The van der Waals surface area contributed by atoms with Gasteiger partial charge in [0.25, 0.3) is 5.91 Å². The van der Waals surface area contributed by atoms with Gasteiger partial charge in [-0.05, 0) is 32.0 Å². The third kappa shape index (κ3) is 2.10. The molecular weight excluding hydrogens is 240 g/mol. The van der Waals surface area contributed by atoms with Crippen LogP contribution in [0, 0.1) is 13.8 Å². The Morgan fingerprint density at radius 1 is 1.21 bits per heavy atom.